The molecular weight excluding hydrogens is 340 g/mol. The lowest BCUT2D eigenvalue weighted by molar-refractivity contribution is -0.211. The molecule has 0 aliphatic carbocycles. The number of rotatable bonds is 3. The van der Waals surface area contributed by atoms with Gasteiger partial charge in [0.25, 0.3) is 5.79 Å². The van der Waals surface area contributed by atoms with E-state index in [0.717, 1.165) is 12.3 Å². The summed E-state index contributed by atoms with van der Waals surface area (Å²) in [6.45, 7) is 1.18. The highest BCUT2D eigenvalue weighted by Gasteiger charge is 2.45. The lowest BCUT2D eigenvalue weighted by atomic mass is 9.89. The third-order valence-electron chi connectivity index (χ3n) is 3.72. The Morgan fingerprint density at radius 2 is 2.08 bits per heavy atom. The van der Waals surface area contributed by atoms with Crippen molar-refractivity contribution in [2.45, 2.75) is 12.7 Å². The van der Waals surface area contributed by atoms with Crippen molar-refractivity contribution in [1.82, 2.24) is 5.48 Å². The molecule has 0 fully saturated rings. The molecule has 26 heavy (non-hydrogen) atoms. The summed E-state index contributed by atoms with van der Waals surface area (Å²) in [7, 11) is 0. The molecule has 0 aromatic heterocycles. The van der Waals surface area contributed by atoms with Gasteiger partial charge in [-0.15, -0.1) is 0 Å². The number of aromatic hydroxyl groups is 2. The minimum atomic E-state index is -2.33. The van der Waals surface area contributed by atoms with Gasteiger partial charge >= 0.3 is 0 Å². The lowest BCUT2D eigenvalue weighted by Crippen LogP contribution is -2.40. The van der Waals surface area contributed by atoms with Gasteiger partial charge in [0.2, 0.25) is 5.91 Å². The Bertz CT molecular complexity index is 963. The summed E-state index contributed by atoms with van der Waals surface area (Å²) < 4.78 is 5.41. The molecule has 4 N–H and O–H groups in total. The van der Waals surface area contributed by atoms with Gasteiger partial charge in [0.1, 0.15) is 29.1 Å². The van der Waals surface area contributed by atoms with Crippen LogP contribution in [0.2, 0.25) is 0 Å². The number of hydroxylamine groups is 1. The van der Waals surface area contributed by atoms with Crippen molar-refractivity contribution in [3.63, 3.8) is 0 Å². The van der Waals surface area contributed by atoms with Gasteiger partial charge < -0.3 is 20.1 Å². The second-order valence-corrected chi connectivity index (χ2v) is 5.58. The van der Waals surface area contributed by atoms with Crippen LogP contribution in [0.25, 0.3) is 5.57 Å². The molecule has 3 rings (SSSR count). The molecule has 8 nitrogen and oxygen atoms in total. The number of nitrogens with zero attached hydrogens (tertiary/aromatic N) is 1. The first-order valence-corrected chi connectivity index (χ1v) is 7.46. The first-order chi connectivity index (χ1) is 12.3. The third kappa shape index (κ3) is 2.93. The molecule has 1 heterocycles. The molecule has 2 aromatic carbocycles. The molecule has 0 spiro atoms. The molecular formula is C18H14N2O6. The second-order valence-electron chi connectivity index (χ2n) is 5.58. The molecule has 1 aliphatic rings. The van der Waals surface area contributed by atoms with Gasteiger partial charge in [-0.05, 0) is 17.7 Å². The summed E-state index contributed by atoms with van der Waals surface area (Å²) in [6.07, 6.45) is 1.15. The highest BCUT2D eigenvalue weighted by atomic mass is 16.7. The number of nitrogens with one attached hydrogen (secondary N) is 1. The largest absolute Gasteiger partial charge is 0.508 e. The van der Waals surface area contributed by atoms with E-state index >= 15 is 0 Å². The Hall–Kier alpha value is -3.54. The summed E-state index contributed by atoms with van der Waals surface area (Å²) >= 11 is 0. The van der Waals surface area contributed by atoms with Crippen molar-refractivity contribution in [1.29, 1.82) is 5.26 Å². The van der Waals surface area contributed by atoms with Gasteiger partial charge in [-0.2, -0.15) is 5.26 Å². The molecule has 132 valence electrons. The van der Waals surface area contributed by atoms with Crippen LogP contribution in [0.3, 0.4) is 0 Å². The Kier molecular flexibility index (Phi) is 4.26. The Morgan fingerprint density at radius 1 is 1.31 bits per heavy atom. The summed E-state index contributed by atoms with van der Waals surface area (Å²) in [4.78, 5) is 16.5. The number of phenols is 2. The second kappa shape index (κ2) is 6.40. The van der Waals surface area contributed by atoms with Crippen LogP contribution in [0.1, 0.15) is 23.6 Å². The number of carbonyl (C=O) groups is 1. The van der Waals surface area contributed by atoms with Crippen molar-refractivity contribution in [2.75, 3.05) is 0 Å². The highest BCUT2D eigenvalue weighted by Crippen LogP contribution is 2.49. The van der Waals surface area contributed by atoms with Crippen LogP contribution in [0, 0.1) is 11.3 Å². The van der Waals surface area contributed by atoms with Gasteiger partial charge in [0.15, 0.2) is 0 Å². The molecule has 1 atom stereocenters. The topological polar surface area (TPSA) is 132 Å². The molecule has 1 amide bonds. The lowest BCUT2D eigenvalue weighted by Gasteiger charge is -2.34. The fourth-order valence-electron chi connectivity index (χ4n) is 2.63. The maximum atomic E-state index is 11.3. The van der Waals surface area contributed by atoms with E-state index < -0.39 is 17.4 Å². The van der Waals surface area contributed by atoms with Crippen LogP contribution in [-0.4, -0.2) is 21.2 Å². The first kappa shape index (κ1) is 17.3. The molecule has 0 saturated carbocycles. The van der Waals surface area contributed by atoms with Crippen LogP contribution < -0.4 is 10.2 Å². The number of benzene rings is 2. The van der Waals surface area contributed by atoms with E-state index in [1.807, 2.05) is 11.5 Å². The predicted molar refractivity (Wildman–Crippen MR) is 88.3 cm³/mol. The van der Waals surface area contributed by atoms with Crippen LogP contribution in [0.15, 0.2) is 42.7 Å². The van der Waals surface area contributed by atoms with Crippen LogP contribution in [-0.2, 0) is 15.4 Å². The van der Waals surface area contributed by atoms with E-state index in [2.05, 4.69) is 0 Å². The van der Waals surface area contributed by atoms with E-state index in [0.29, 0.717) is 11.1 Å². The van der Waals surface area contributed by atoms with Crippen molar-refractivity contribution >= 4 is 11.5 Å². The Morgan fingerprint density at radius 3 is 2.77 bits per heavy atom. The standard InChI is InChI=1S/C18H14N2O6/c1-10(21)20-26-18(24)14(12-4-2-3-11(5-12)8-19)9-25-16-7-13(22)6-15(23)17(16)18/h2-7,9,22-24H,1H3,(H,20,21). The minimum absolute atomic E-state index is 0.0387. The van der Waals surface area contributed by atoms with Gasteiger partial charge in [0, 0.05) is 19.1 Å². The number of nitriles is 1. The quantitative estimate of drug-likeness (QED) is 0.486. The zero-order chi connectivity index (χ0) is 18.9. The van der Waals surface area contributed by atoms with Gasteiger partial charge in [0.05, 0.1) is 17.2 Å². The SMILES string of the molecule is CC(=O)NOC1(O)C(c2cccc(C#N)c2)=COc2cc(O)cc(O)c21. The summed E-state index contributed by atoms with van der Waals surface area (Å²) in [5, 5.41) is 40.1. The normalized spacial score (nSPS) is 18.1. The maximum absolute atomic E-state index is 11.3. The van der Waals surface area contributed by atoms with E-state index in [9.17, 15) is 20.1 Å². The van der Waals surface area contributed by atoms with Crippen molar-refractivity contribution < 1.29 is 29.7 Å². The van der Waals surface area contributed by atoms with Crippen LogP contribution in [0.5, 0.6) is 17.2 Å². The van der Waals surface area contributed by atoms with Crippen molar-refractivity contribution in [2.24, 2.45) is 0 Å². The van der Waals surface area contributed by atoms with Crippen molar-refractivity contribution in [3.8, 4) is 23.3 Å². The number of amides is 1. The Balaban J connectivity index is 2.19. The molecule has 8 heteroatoms. The summed E-state index contributed by atoms with van der Waals surface area (Å²) in [5.74, 6) is -3.77. The number of fused-ring (bicyclic) bond motifs is 1. The number of aliphatic hydroxyl groups is 1. The number of carbonyl (C=O) groups excluding carboxylic acids is 1. The maximum Gasteiger partial charge on any atom is 0.254 e. The summed E-state index contributed by atoms with van der Waals surface area (Å²) in [6, 6.07) is 10.4. The number of ether oxygens (including phenoxy) is 1. The average molecular weight is 354 g/mol. The smallest absolute Gasteiger partial charge is 0.254 e. The predicted octanol–water partition coefficient (Wildman–Crippen LogP) is 1.62. The molecule has 1 unspecified atom stereocenters. The highest BCUT2D eigenvalue weighted by molar-refractivity contribution is 5.78. The van der Waals surface area contributed by atoms with Gasteiger partial charge in [-0.25, -0.2) is 10.3 Å². The van der Waals surface area contributed by atoms with Crippen LogP contribution in [0.4, 0.5) is 0 Å². The molecule has 2 aromatic rings. The molecule has 1 aliphatic heterocycles. The molecule has 0 saturated heterocycles. The van der Waals surface area contributed by atoms with E-state index in [-0.39, 0.29) is 22.6 Å². The average Bonchev–Trinajstić information content (AvgIpc) is 2.59. The minimum Gasteiger partial charge on any atom is -0.508 e. The number of phenolic OH excluding ortho intramolecular Hbond substituents is 2. The fourth-order valence-corrected chi connectivity index (χ4v) is 2.63. The third-order valence-corrected chi connectivity index (χ3v) is 3.72. The van der Waals surface area contributed by atoms with Gasteiger partial charge in [-0.3, -0.25) is 4.79 Å². The van der Waals surface area contributed by atoms with E-state index in [1.165, 1.54) is 19.1 Å². The molecule has 0 bridgehead atoms. The summed E-state index contributed by atoms with van der Waals surface area (Å²) in [5.41, 5.74) is 2.57. The van der Waals surface area contributed by atoms with E-state index in [1.54, 1.807) is 18.2 Å². The van der Waals surface area contributed by atoms with Gasteiger partial charge in [-0.1, -0.05) is 12.1 Å². The van der Waals surface area contributed by atoms with E-state index in [4.69, 9.17) is 14.8 Å². The number of hydrogen-bond donors (Lipinski definition) is 4. The van der Waals surface area contributed by atoms with Crippen LogP contribution >= 0.6 is 0 Å². The van der Waals surface area contributed by atoms with Crippen molar-refractivity contribution in [3.05, 3.63) is 59.4 Å². The molecule has 0 radical (unpaired) electrons. The number of hydrogen-bond acceptors (Lipinski definition) is 7. The fraction of sp³-hybridized carbons (Fsp3) is 0.111. The zero-order valence-corrected chi connectivity index (χ0v) is 13.6. The Labute approximate surface area is 148 Å². The zero-order valence-electron chi connectivity index (χ0n) is 13.6. The monoisotopic (exact) mass is 354 g/mol. The first-order valence-electron chi connectivity index (χ1n) is 7.46.